The fourth-order valence-electron chi connectivity index (χ4n) is 2.27. The lowest BCUT2D eigenvalue weighted by molar-refractivity contribution is -0.116. The molecule has 0 saturated heterocycles. The molecule has 0 aliphatic carbocycles. The lowest BCUT2D eigenvalue weighted by Gasteiger charge is -2.22. The van der Waals surface area contributed by atoms with Gasteiger partial charge in [0.05, 0.1) is 5.56 Å². The van der Waals surface area contributed by atoms with Crippen LogP contribution in [0.3, 0.4) is 0 Å². The predicted molar refractivity (Wildman–Crippen MR) is 95.0 cm³/mol. The highest BCUT2D eigenvalue weighted by Gasteiger charge is 2.19. The summed E-state index contributed by atoms with van der Waals surface area (Å²) >= 11 is 1.35. The van der Waals surface area contributed by atoms with Gasteiger partial charge in [0.25, 0.3) is 5.91 Å². The molecule has 2 rings (SSSR count). The van der Waals surface area contributed by atoms with Crippen LogP contribution in [0.1, 0.15) is 43.0 Å². The Hall–Kier alpha value is -2.28. The largest absolute Gasteiger partial charge is 0.329 e. The molecular formula is C17H22N4O2S. The van der Waals surface area contributed by atoms with E-state index in [1.807, 2.05) is 0 Å². The standard InChI is InChI=1S/C17H22N4O2S/c1-2-3-4-5-10-21(16(23)14-7-6-8-18-12-14)13-15(22)20-17-19-9-11-24-17/h6-9,11-12H,2-5,10,13H2,1H3,(H,19,20,22). The lowest BCUT2D eigenvalue weighted by Crippen LogP contribution is -2.38. The van der Waals surface area contributed by atoms with E-state index >= 15 is 0 Å². The number of carbonyl (C=O) groups is 2. The third kappa shape index (κ3) is 5.73. The van der Waals surface area contributed by atoms with Gasteiger partial charge in [0.2, 0.25) is 5.91 Å². The first kappa shape index (κ1) is 18.1. The van der Waals surface area contributed by atoms with Crippen LogP contribution in [-0.4, -0.2) is 39.8 Å². The van der Waals surface area contributed by atoms with E-state index in [9.17, 15) is 9.59 Å². The van der Waals surface area contributed by atoms with Gasteiger partial charge < -0.3 is 10.2 Å². The van der Waals surface area contributed by atoms with Crippen molar-refractivity contribution < 1.29 is 9.59 Å². The molecule has 0 spiro atoms. The maximum Gasteiger partial charge on any atom is 0.255 e. The maximum absolute atomic E-state index is 12.6. The van der Waals surface area contributed by atoms with Crippen LogP contribution in [0.5, 0.6) is 0 Å². The number of thiazole rings is 1. The van der Waals surface area contributed by atoms with E-state index in [0.29, 0.717) is 17.2 Å². The van der Waals surface area contributed by atoms with Crippen LogP contribution in [0.4, 0.5) is 5.13 Å². The number of anilines is 1. The lowest BCUT2D eigenvalue weighted by atomic mass is 10.2. The van der Waals surface area contributed by atoms with Gasteiger partial charge in [-0.3, -0.25) is 14.6 Å². The summed E-state index contributed by atoms with van der Waals surface area (Å²) in [5.41, 5.74) is 0.495. The number of hydrogen-bond acceptors (Lipinski definition) is 5. The van der Waals surface area contributed by atoms with Gasteiger partial charge in [-0.1, -0.05) is 26.2 Å². The molecule has 2 amide bonds. The molecule has 2 heterocycles. The van der Waals surface area contributed by atoms with Crippen molar-refractivity contribution in [1.29, 1.82) is 0 Å². The molecule has 0 bridgehead atoms. The number of nitrogens with zero attached hydrogens (tertiary/aromatic N) is 3. The van der Waals surface area contributed by atoms with E-state index < -0.39 is 0 Å². The zero-order chi connectivity index (χ0) is 17.2. The van der Waals surface area contributed by atoms with Crippen LogP contribution in [0, 0.1) is 0 Å². The molecule has 7 heteroatoms. The highest BCUT2D eigenvalue weighted by Crippen LogP contribution is 2.11. The van der Waals surface area contributed by atoms with Gasteiger partial charge in [0.1, 0.15) is 6.54 Å². The van der Waals surface area contributed by atoms with E-state index in [-0.39, 0.29) is 18.4 Å². The Morgan fingerprint density at radius 1 is 1.25 bits per heavy atom. The number of amides is 2. The van der Waals surface area contributed by atoms with Gasteiger partial charge in [-0.25, -0.2) is 4.98 Å². The molecule has 128 valence electrons. The first-order valence-electron chi connectivity index (χ1n) is 8.09. The minimum absolute atomic E-state index is 0.0133. The zero-order valence-electron chi connectivity index (χ0n) is 13.8. The summed E-state index contributed by atoms with van der Waals surface area (Å²) in [5.74, 6) is -0.411. The number of pyridine rings is 1. The SMILES string of the molecule is CCCCCCN(CC(=O)Nc1nccs1)C(=O)c1cccnc1. The van der Waals surface area contributed by atoms with E-state index in [2.05, 4.69) is 22.2 Å². The van der Waals surface area contributed by atoms with Gasteiger partial charge in [0, 0.05) is 30.5 Å². The summed E-state index contributed by atoms with van der Waals surface area (Å²) in [5, 5.41) is 5.05. The summed E-state index contributed by atoms with van der Waals surface area (Å²) in [4.78, 5) is 34.4. The smallest absolute Gasteiger partial charge is 0.255 e. The van der Waals surface area contributed by atoms with Gasteiger partial charge in [0.15, 0.2) is 5.13 Å². The Balaban J connectivity index is 1.98. The Kier molecular flexibility index (Phi) is 7.35. The second-order valence-corrected chi connectivity index (χ2v) is 6.31. The minimum atomic E-state index is -0.238. The Bertz CT molecular complexity index is 631. The molecule has 0 radical (unpaired) electrons. The molecule has 0 saturated carbocycles. The number of carbonyl (C=O) groups excluding carboxylic acids is 2. The van der Waals surface area contributed by atoms with Crippen molar-refractivity contribution >= 4 is 28.3 Å². The van der Waals surface area contributed by atoms with Gasteiger partial charge >= 0.3 is 0 Å². The van der Waals surface area contributed by atoms with Crippen LogP contribution in [-0.2, 0) is 4.79 Å². The average Bonchev–Trinajstić information content (AvgIpc) is 3.10. The van der Waals surface area contributed by atoms with Crippen LogP contribution in [0.15, 0.2) is 36.1 Å². The molecular weight excluding hydrogens is 324 g/mol. The molecule has 6 nitrogen and oxygen atoms in total. The highest BCUT2D eigenvalue weighted by molar-refractivity contribution is 7.13. The number of nitrogens with one attached hydrogen (secondary N) is 1. The van der Waals surface area contributed by atoms with Crippen molar-refractivity contribution in [3.63, 3.8) is 0 Å². The Labute approximate surface area is 145 Å². The van der Waals surface area contributed by atoms with Crippen molar-refractivity contribution in [2.24, 2.45) is 0 Å². The average molecular weight is 346 g/mol. The summed E-state index contributed by atoms with van der Waals surface area (Å²) in [7, 11) is 0. The van der Waals surface area contributed by atoms with Crippen molar-refractivity contribution in [2.75, 3.05) is 18.4 Å². The van der Waals surface area contributed by atoms with Crippen molar-refractivity contribution in [3.8, 4) is 0 Å². The summed E-state index contributed by atoms with van der Waals surface area (Å²) in [6.07, 6.45) is 8.95. The number of rotatable bonds is 9. The normalized spacial score (nSPS) is 10.4. The van der Waals surface area contributed by atoms with Crippen LogP contribution in [0.25, 0.3) is 0 Å². The third-order valence-electron chi connectivity index (χ3n) is 3.49. The quantitative estimate of drug-likeness (QED) is 0.708. The third-order valence-corrected chi connectivity index (χ3v) is 4.18. The molecule has 0 atom stereocenters. The molecule has 2 aromatic heterocycles. The fourth-order valence-corrected chi connectivity index (χ4v) is 2.82. The van der Waals surface area contributed by atoms with Gasteiger partial charge in [-0.05, 0) is 18.6 Å². The second kappa shape index (κ2) is 9.77. The van der Waals surface area contributed by atoms with E-state index in [4.69, 9.17) is 0 Å². The topological polar surface area (TPSA) is 75.2 Å². The first-order valence-corrected chi connectivity index (χ1v) is 8.97. The molecule has 0 aliphatic heterocycles. The Morgan fingerprint density at radius 3 is 2.79 bits per heavy atom. The van der Waals surface area contributed by atoms with Crippen molar-refractivity contribution in [2.45, 2.75) is 32.6 Å². The van der Waals surface area contributed by atoms with Crippen molar-refractivity contribution in [3.05, 3.63) is 41.7 Å². The number of aromatic nitrogens is 2. The molecule has 24 heavy (non-hydrogen) atoms. The van der Waals surface area contributed by atoms with Crippen LogP contribution in [0.2, 0.25) is 0 Å². The highest BCUT2D eigenvalue weighted by atomic mass is 32.1. The maximum atomic E-state index is 12.6. The fraction of sp³-hybridized carbons (Fsp3) is 0.412. The molecule has 0 aromatic carbocycles. The second-order valence-electron chi connectivity index (χ2n) is 5.41. The molecule has 1 N–H and O–H groups in total. The van der Waals surface area contributed by atoms with Crippen LogP contribution < -0.4 is 5.32 Å². The number of hydrogen-bond donors (Lipinski definition) is 1. The molecule has 0 aliphatic rings. The first-order chi connectivity index (χ1) is 11.7. The van der Waals surface area contributed by atoms with E-state index in [1.165, 1.54) is 17.5 Å². The monoisotopic (exact) mass is 346 g/mol. The summed E-state index contributed by atoms with van der Waals surface area (Å²) in [6, 6.07) is 3.44. The van der Waals surface area contributed by atoms with E-state index in [0.717, 1.165) is 25.7 Å². The van der Waals surface area contributed by atoms with Gasteiger partial charge in [-0.15, -0.1) is 11.3 Å². The zero-order valence-corrected chi connectivity index (χ0v) is 14.6. The molecule has 0 fully saturated rings. The van der Waals surface area contributed by atoms with Crippen molar-refractivity contribution in [1.82, 2.24) is 14.9 Å². The Morgan fingerprint density at radius 2 is 2.12 bits per heavy atom. The summed E-state index contributed by atoms with van der Waals surface area (Å²) < 4.78 is 0. The molecule has 2 aromatic rings. The summed E-state index contributed by atoms with van der Waals surface area (Å²) in [6.45, 7) is 2.71. The van der Waals surface area contributed by atoms with Crippen LogP contribution >= 0.6 is 11.3 Å². The van der Waals surface area contributed by atoms with Gasteiger partial charge in [-0.2, -0.15) is 0 Å². The molecule has 0 unspecified atom stereocenters. The number of unbranched alkanes of at least 4 members (excludes halogenated alkanes) is 3. The predicted octanol–water partition coefficient (Wildman–Crippen LogP) is 3.20. The van der Waals surface area contributed by atoms with E-state index in [1.54, 1.807) is 34.8 Å². The minimum Gasteiger partial charge on any atom is -0.329 e.